The Bertz CT molecular complexity index is 433. The van der Waals surface area contributed by atoms with Gasteiger partial charge in [0, 0.05) is 5.92 Å². The van der Waals surface area contributed by atoms with Crippen LogP contribution in [0.5, 0.6) is 0 Å². The van der Waals surface area contributed by atoms with E-state index in [-0.39, 0.29) is 0 Å². The molecule has 0 aliphatic heterocycles. The van der Waals surface area contributed by atoms with Crippen molar-refractivity contribution in [3.8, 4) is 11.8 Å². The van der Waals surface area contributed by atoms with Gasteiger partial charge in [-0.25, -0.2) is 4.79 Å². The minimum Gasteiger partial charge on any atom is -0.459 e. The molecule has 0 bridgehead atoms. The number of carbonyl (C=O) groups excluding carboxylic acids is 1. The van der Waals surface area contributed by atoms with Crippen molar-refractivity contribution in [2.75, 3.05) is 7.11 Å². The molecule has 15 heavy (non-hydrogen) atoms. The number of esters is 1. The van der Waals surface area contributed by atoms with Crippen LogP contribution in [0.2, 0.25) is 0 Å². The van der Waals surface area contributed by atoms with E-state index in [9.17, 15) is 4.79 Å². The van der Waals surface area contributed by atoms with E-state index in [2.05, 4.69) is 16.6 Å². The molecule has 0 saturated carbocycles. The molecule has 1 aromatic carbocycles. The summed E-state index contributed by atoms with van der Waals surface area (Å²) in [5, 5.41) is 0. The molecule has 1 aromatic rings. The largest absolute Gasteiger partial charge is 0.459 e. The summed E-state index contributed by atoms with van der Waals surface area (Å²) in [5.74, 6) is 4.41. The number of rotatable bonds is 1. The first-order valence-corrected chi connectivity index (χ1v) is 4.55. The summed E-state index contributed by atoms with van der Waals surface area (Å²) in [6, 6.07) is 7.95. The molecule has 0 saturated heterocycles. The summed E-state index contributed by atoms with van der Waals surface area (Å²) in [6.45, 7) is 2.02. The third-order valence-electron chi connectivity index (χ3n) is 1.89. The summed E-state index contributed by atoms with van der Waals surface area (Å²) >= 11 is 0. The molecule has 0 spiro atoms. The summed E-state index contributed by atoms with van der Waals surface area (Å²) in [6.07, 6.45) is 3.50. The summed E-state index contributed by atoms with van der Waals surface area (Å²) in [7, 11) is 1.31. The van der Waals surface area contributed by atoms with E-state index in [1.165, 1.54) is 12.7 Å². The molecule has 0 unspecified atom stereocenters. The van der Waals surface area contributed by atoms with Crippen LogP contribution in [0.3, 0.4) is 0 Å². The number of carbonyl (C=O) groups is 1. The van der Waals surface area contributed by atoms with Crippen LogP contribution >= 0.6 is 0 Å². The van der Waals surface area contributed by atoms with E-state index in [1.807, 2.05) is 37.3 Å². The van der Waals surface area contributed by atoms with Crippen LogP contribution in [0.1, 0.15) is 11.1 Å². The Labute approximate surface area is 89.6 Å². The van der Waals surface area contributed by atoms with Gasteiger partial charge in [-0.1, -0.05) is 30.2 Å². The second-order valence-corrected chi connectivity index (χ2v) is 2.95. The molecule has 0 radical (unpaired) electrons. The maximum Gasteiger partial charge on any atom is 0.384 e. The number of hydrogen-bond donors (Lipinski definition) is 0. The number of benzene rings is 1. The number of methoxy groups -OCH3 is 1. The first kappa shape index (κ1) is 11.1. The highest BCUT2D eigenvalue weighted by Crippen LogP contribution is 2.08. The Balaban J connectivity index is 2.69. The molecule has 0 atom stereocenters. The van der Waals surface area contributed by atoms with Gasteiger partial charge in [0.15, 0.2) is 0 Å². The number of ether oxygens (including phenoxy) is 1. The first-order valence-electron chi connectivity index (χ1n) is 4.55. The lowest BCUT2D eigenvalue weighted by Gasteiger charge is -1.96. The topological polar surface area (TPSA) is 26.3 Å². The molecule has 2 heteroatoms. The average molecular weight is 200 g/mol. The quantitative estimate of drug-likeness (QED) is 0.394. The minimum atomic E-state index is -0.524. The van der Waals surface area contributed by atoms with Gasteiger partial charge in [0.25, 0.3) is 0 Å². The zero-order valence-corrected chi connectivity index (χ0v) is 8.78. The van der Waals surface area contributed by atoms with E-state index in [0.717, 1.165) is 5.56 Å². The lowest BCUT2D eigenvalue weighted by molar-refractivity contribution is -0.133. The molecule has 0 aliphatic carbocycles. The average Bonchev–Trinajstić information content (AvgIpc) is 2.26. The number of aryl methyl sites for hydroxylation is 1. The lowest BCUT2D eigenvalue weighted by atomic mass is 10.1. The van der Waals surface area contributed by atoms with Gasteiger partial charge >= 0.3 is 5.97 Å². The van der Waals surface area contributed by atoms with Crippen LogP contribution < -0.4 is 0 Å². The molecule has 1 rings (SSSR count). The monoisotopic (exact) mass is 200 g/mol. The zero-order valence-electron chi connectivity index (χ0n) is 8.78. The normalized spacial score (nSPS) is 9.47. The Morgan fingerprint density at radius 1 is 1.40 bits per heavy atom. The van der Waals surface area contributed by atoms with Crippen LogP contribution in [0, 0.1) is 18.8 Å². The van der Waals surface area contributed by atoms with Crippen molar-refractivity contribution in [3.63, 3.8) is 0 Å². The van der Waals surface area contributed by atoms with Crippen molar-refractivity contribution in [2.45, 2.75) is 6.92 Å². The Kier molecular flexibility index (Phi) is 4.18. The van der Waals surface area contributed by atoms with Crippen LogP contribution in [0.25, 0.3) is 6.08 Å². The van der Waals surface area contributed by atoms with Crippen molar-refractivity contribution >= 4 is 12.0 Å². The number of allylic oxidation sites excluding steroid dienone is 1. The second kappa shape index (κ2) is 5.66. The van der Waals surface area contributed by atoms with Crippen molar-refractivity contribution in [1.82, 2.24) is 0 Å². The summed E-state index contributed by atoms with van der Waals surface area (Å²) in [4.78, 5) is 10.7. The molecule has 0 aliphatic rings. The molecule has 0 amide bonds. The van der Waals surface area contributed by atoms with Crippen molar-refractivity contribution in [1.29, 1.82) is 0 Å². The fraction of sp³-hybridized carbons (Fsp3) is 0.154. The first-order chi connectivity index (χ1) is 7.24. The smallest absolute Gasteiger partial charge is 0.384 e. The van der Waals surface area contributed by atoms with Gasteiger partial charge in [-0.3, -0.25) is 0 Å². The predicted molar refractivity (Wildman–Crippen MR) is 60.0 cm³/mol. The van der Waals surface area contributed by atoms with E-state index in [0.29, 0.717) is 0 Å². The van der Waals surface area contributed by atoms with E-state index in [4.69, 9.17) is 0 Å². The van der Waals surface area contributed by atoms with Gasteiger partial charge in [0.1, 0.15) is 0 Å². The third-order valence-corrected chi connectivity index (χ3v) is 1.89. The highest BCUT2D eigenvalue weighted by molar-refractivity contribution is 5.88. The van der Waals surface area contributed by atoms with Crippen molar-refractivity contribution < 1.29 is 9.53 Å². The molecule has 0 heterocycles. The van der Waals surface area contributed by atoms with E-state index < -0.39 is 5.97 Å². The molecule has 76 valence electrons. The predicted octanol–water partition coefficient (Wildman–Crippen LogP) is 2.18. The van der Waals surface area contributed by atoms with Gasteiger partial charge in [0.2, 0.25) is 0 Å². The summed E-state index contributed by atoms with van der Waals surface area (Å²) < 4.78 is 4.38. The van der Waals surface area contributed by atoms with Crippen LogP contribution in [0.15, 0.2) is 30.3 Å². The second-order valence-electron chi connectivity index (χ2n) is 2.95. The van der Waals surface area contributed by atoms with Crippen molar-refractivity contribution in [2.24, 2.45) is 0 Å². The molecular weight excluding hydrogens is 188 g/mol. The van der Waals surface area contributed by atoms with Crippen molar-refractivity contribution in [3.05, 3.63) is 41.5 Å². The highest BCUT2D eigenvalue weighted by atomic mass is 16.5. The Hall–Kier alpha value is -2.01. The molecule has 2 nitrogen and oxygen atoms in total. The lowest BCUT2D eigenvalue weighted by Crippen LogP contribution is -1.93. The van der Waals surface area contributed by atoms with Crippen LogP contribution in [-0.4, -0.2) is 13.1 Å². The standard InChI is InChI=1S/C13H12O2/c1-11-7-3-4-8-12(11)9-5-6-10-13(14)15-2/h3-5,7-9H,1-2H3/b9-5+. The van der Waals surface area contributed by atoms with Gasteiger partial charge in [-0.05, 0) is 30.2 Å². The molecule has 0 aromatic heterocycles. The van der Waals surface area contributed by atoms with Gasteiger partial charge in [-0.2, -0.15) is 0 Å². The third kappa shape index (κ3) is 3.70. The fourth-order valence-electron chi connectivity index (χ4n) is 1.06. The maximum atomic E-state index is 10.7. The van der Waals surface area contributed by atoms with Gasteiger partial charge in [-0.15, -0.1) is 0 Å². The van der Waals surface area contributed by atoms with E-state index >= 15 is 0 Å². The van der Waals surface area contributed by atoms with Gasteiger partial charge in [0.05, 0.1) is 7.11 Å². The number of hydrogen-bond acceptors (Lipinski definition) is 2. The minimum absolute atomic E-state index is 0.524. The summed E-state index contributed by atoms with van der Waals surface area (Å²) in [5.41, 5.74) is 2.27. The maximum absolute atomic E-state index is 10.7. The molecule has 0 fully saturated rings. The fourth-order valence-corrected chi connectivity index (χ4v) is 1.06. The van der Waals surface area contributed by atoms with Crippen LogP contribution in [0.4, 0.5) is 0 Å². The zero-order chi connectivity index (χ0) is 11.1. The highest BCUT2D eigenvalue weighted by Gasteiger charge is 1.89. The Morgan fingerprint density at radius 3 is 2.80 bits per heavy atom. The molecule has 0 N–H and O–H groups in total. The Morgan fingerprint density at radius 2 is 2.13 bits per heavy atom. The van der Waals surface area contributed by atoms with E-state index in [1.54, 1.807) is 6.08 Å². The SMILES string of the molecule is COC(=O)C#C/C=C/c1ccccc1C. The van der Waals surface area contributed by atoms with Crippen LogP contribution in [-0.2, 0) is 9.53 Å². The molecular formula is C13H12O2. The van der Waals surface area contributed by atoms with Gasteiger partial charge < -0.3 is 4.74 Å².